The van der Waals surface area contributed by atoms with Crippen LogP contribution in [0.5, 0.6) is 5.75 Å². The van der Waals surface area contributed by atoms with E-state index in [2.05, 4.69) is 11.0 Å². The lowest BCUT2D eigenvalue weighted by atomic mass is 10.1. The van der Waals surface area contributed by atoms with Crippen molar-refractivity contribution in [2.24, 2.45) is 0 Å². The number of hydrogen-bond acceptors (Lipinski definition) is 8. The van der Waals surface area contributed by atoms with Crippen LogP contribution >= 0.6 is 0 Å². The number of nitrogens with zero attached hydrogens (tertiary/aromatic N) is 1. The predicted molar refractivity (Wildman–Crippen MR) is 182 cm³/mol. The number of para-hydroxylation sites is 1. The van der Waals surface area contributed by atoms with Crippen molar-refractivity contribution in [2.45, 2.75) is 56.4 Å². The summed E-state index contributed by atoms with van der Waals surface area (Å²) < 4.78 is 41.6. The number of methoxy groups -OCH3 is 2. The van der Waals surface area contributed by atoms with E-state index in [1.165, 1.54) is 14.2 Å². The highest BCUT2D eigenvalue weighted by atomic mass is 32.2. The van der Waals surface area contributed by atoms with E-state index < -0.39 is 9.84 Å². The minimum Gasteiger partial charge on any atom is -0.489 e. The molecule has 0 aliphatic rings. The summed E-state index contributed by atoms with van der Waals surface area (Å²) in [7, 11) is -0.659. The molecule has 0 unspecified atom stereocenters. The van der Waals surface area contributed by atoms with Crippen LogP contribution in [-0.2, 0) is 49.4 Å². The van der Waals surface area contributed by atoms with Gasteiger partial charge in [-0.1, -0.05) is 72.3 Å². The Morgan fingerprint density at radius 2 is 1.38 bits per heavy atom. The van der Waals surface area contributed by atoms with Crippen molar-refractivity contribution in [3.05, 3.63) is 130 Å². The molecule has 0 saturated heterocycles. The zero-order valence-corrected chi connectivity index (χ0v) is 28.1. The smallest absolute Gasteiger partial charge is 0.337 e. The Morgan fingerprint density at radius 3 is 2.06 bits per heavy atom. The number of carbonyl (C=O) groups excluding carboxylic acids is 2. The Morgan fingerprint density at radius 1 is 0.723 bits per heavy atom. The summed E-state index contributed by atoms with van der Waals surface area (Å²) in [5, 5.41) is 0. The molecule has 0 aromatic heterocycles. The first kappa shape index (κ1) is 35.4. The van der Waals surface area contributed by atoms with E-state index in [1.54, 1.807) is 24.3 Å². The summed E-state index contributed by atoms with van der Waals surface area (Å²) in [4.78, 5) is 26.1. The zero-order chi connectivity index (χ0) is 33.6. The average molecular weight is 658 g/mol. The molecule has 8 nitrogen and oxygen atoms in total. The first-order chi connectivity index (χ1) is 22.7. The maximum Gasteiger partial charge on any atom is 0.337 e. The first-order valence-corrected chi connectivity index (χ1v) is 17.4. The van der Waals surface area contributed by atoms with Crippen molar-refractivity contribution < 1.29 is 32.2 Å². The third-order valence-corrected chi connectivity index (χ3v) is 9.64. The standard InChI is InChI=1S/C38H43NO7S/c1-29-11-21-35(22-12-29)47(42,43)28-32-15-13-31(14-16-32)27-46-36-9-5-4-8-33(36)23-25-39(24-7-6-10-37(40)44-2)26-30-17-19-34(20-18-30)38(41)45-3/h4-5,8-9,11-22H,6-7,10,23-28H2,1-3H3. The number of sulfone groups is 1. The normalized spacial score (nSPS) is 11.3. The molecule has 47 heavy (non-hydrogen) atoms. The van der Waals surface area contributed by atoms with Gasteiger partial charge in [0.05, 0.1) is 30.4 Å². The lowest BCUT2D eigenvalue weighted by Crippen LogP contribution is -2.27. The van der Waals surface area contributed by atoms with Crippen LogP contribution in [0.3, 0.4) is 0 Å². The Labute approximate surface area is 278 Å². The Bertz CT molecular complexity index is 1700. The number of unbranched alkanes of at least 4 members (excludes halogenated alkanes) is 1. The van der Waals surface area contributed by atoms with E-state index in [1.807, 2.05) is 73.7 Å². The average Bonchev–Trinajstić information content (AvgIpc) is 3.08. The largest absolute Gasteiger partial charge is 0.489 e. The fourth-order valence-corrected chi connectivity index (χ4v) is 6.52. The number of carbonyl (C=O) groups is 2. The van der Waals surface area contributed by atoms with Crippen LogP contribution in [0.2, 0.25) is 0 Å². The van der Waals surface area contributed by atoms with Crippen molar-refractivity contribution in [1.82, 2.24) is 4.90 Å². The van der Waals surface area contributed by atoms with Gasteiger partial charge in [-0.25, -0.2) is 13.2 Å². The van der Waals surface area contributed by atoms with Crippen LogP contribution in [0.4, 0.5) is 0 Å². The molecule has 9 heteroatoms. The molecule has 0 N–H and O–H groups in total. The third kappa shape index (κ3) is 11.1. The van der Waals surface area contributed by atoms with Crippen molar-refractivity contribution in [3.8, 4) is 5.75 Å². The monoisotopic (exact) mass is 657 g/mol. The van der Waals surface area contributed by atoms with E-state index in [0.717, 1.165) is 65.9 Å². The molecule has 4 aromatic rings. The van der Waals surface area contributed by atoms with Gasteiger partial charge in [0.2, 0.25) is 0 Å². The lowest BCUT2D eigenvalue weighted by Gasteiger charge is -2.23. The molecular weight excluding hydrogens is 614 g/mol. The summed E-state index contributed by atoms with van der Waals surface area (Å²) in [6.45, 7) is 4.53. The van der Waals surface area contributed by atoms with Gasteiger partial charge >= 0.3 is 11.9 Å². The molecule has 248 valence electrons. The molecule has 0 aliphatic carbocycles. The van der Waals surface area contributed by atoms with Gasteiger partial charge in [0.1, 0.15) is 12.4 Å². The van der Waals surface area contributed by atoms with E-state index in [0.29, 0.717) is 30.0 Å². The highest BCUT2D eigenvalue weighted by Gasteiger charge is 2.16. The van der Waals surface area contributed by atoms with Crippen LogP contribution in [0.15, 0.2) is 102 Å². The van der Waals surface area contributed by atoms with Crippen LogP contribution in [0.1, 0.15) is 57.4 Å². The SMILES string of the molecule is COC(=O)CCCCN(CCc1ccccc1OCc1ccc(CS(=O)(=O)c2ccc(C)cc2)cc1)Cc1ccc(C(=O)OC)cc1. The Balaban J connectivity index is 1.36. The van der Waals surface area contributed by atoms with Gasteiger partial charge in [0, 0.05) is 19.5 Å². The van der Waals surface area contributed by atoms with Crippen molar-refractivity contribution >= 4 is 21.8 Å². The van der Waals surface area contributed by atoms with Crippen LogP contribution in [0, 0.1) is 6.92 Å². The van der Waals surface area contributed by atoms with Gasteiger partial charge < -0.3 is 14.2 Å². The molecular formula is C38H43NO7S. The van der Waals surface area contributed by atoms with Gasteiger partial charge in [-0.3, -0.25) is 9.69 Å². The Kier molecular flexibility index (Phi) is 13.1. The lowest BCUT2D eigenvalue weighted by molar-refractivity contribution is -0.140. The summed E-state index contributed by atoms with van der Waals surface area (Å²) in [5.41, 5.74) is 5.34. The summed E-state index contributed by atoms with van der Waals surface area (Å²) in [6.07, 6.45) is 2.72. The highest BCUT2D eigenvalue weighted by molar-refractivity contribution is 7.90. The number of hydrogen-bond donors (Lipinski definition) is 0. The highest BCUT2D eigenvalue weighted by Crippen LogP contribution is 2.22. The maximum absolute atomic E-state index is 12.9. The molecule has 4 aromatic carbocycles. The molecule has 0 bridgehead atoms. The topological polar surface area (TPSA) is 99.2 Å². The van der Waals surface area contributed by atoms with Crippen LogP contribution in [0.25, 0.3) is 0 Å². The molecule has 0 heterocycles. The van der Waals surface area contributed by atoms with E-state index in [-0.39, 0.29) is 17.7 Å². The molecule has 4 rings (SSSR count). The zero-order valence-electron chi connectivity index (χ0n) is 27.3. The fourth-order valence-electron chi connectivity index (χ4n) is 5.17. The second-order valence-corrected chi connectivity index (χ2v) is 13.5. The van der Waals surface area contributed by atoms with E-state index >= 15 is 0 Å². The van der Waals surface area contributed by atoms with Gasteiger partial charge in [-0.2, -0.15) is 0 Å². The molecule has 0 aliphatic heterocycles. The number of esters is 2. The van der Waals surface area contributed by atoms with Crippen LogP contribution in [-0.4, -0.2) is 52.6 Å². The Hall–Kier alpha value is -4.47. The van der Waals surface area contributed by atoms with Crippen molar-refractivity contribution in [2.75, 3.05) is 27.3 Å². The van der Waals surface area contributed by atoms with Gasteiger partial charge in [-0.15, -0.1) is 0 Å². The van der Waals surface area contributed by atoms with Crippen LogP contribution < -0.4 is 4.74 Å². The molecule has 0 atom stereocenters. The van der Waals surface area contributed by atoms with Crippen molar-refractivity contribution in [1.29, 1.82) is 0 Å². The summed E-state index contributed by atoms with van der Waals surface area (Å²) >= 11 is 0. The van der Waals surface area contributed by atoms with Gasteiger partial charge in [0.25, 0.3) is 0 Å². The molecule has 0 saturated carbocycles. The van der Waals surface area contributed by atoms with E-state index in [4.69, 9.17) is 14.2 Å². The quantitative estimate of drug-likeness (QED) is 0.0912. The maximum atomic E-state index is 12.9. The number of rotatable bonds is 17. The fraction of sp³-hybridized carbons (Fsp3) is 0.316. The number of ether oxygens (including phenoxy) is 3. The second kappa shape index (κ2) is 17.4. The predicted octanol–water partition coefficient (Wildman–Crippen LogP) is 6.72. The first-order valence-electron chi connectivity index (χ1n) is 15.7. The molecule has 0 spiro atoms. The summed E-state index contributed by atoms with van der Waals surface area (Å²) in [5.74, 6) is 0.165. The molecule has 0 amide bonds. The van der Waals surface area contributed by atoms with Gasteiger partial charge in [-0.05, 0) is 85.3 Å². The third-order valence-electron chi connectivity index (χ3n) is 7.94. The summed E-state index contributed by atoms with van der Waals surface area (Å²) in [6, 6.07) is 29.8. The second-order valence-electron chi connectivity index (χ2n) is 11.5. The molecule has 0 fully saturated rings. The van der Waals surface area contributed by atoms with Crippen molar-refractivity contribution in [3.63, 3.8) is 0 Å². The molecule has 0 radical (unpaired) electrons. The minimum absolute atomic E-state index is 0.0609. The minimum atomic E-state index is -3.43. The number of aryl methyl sites for hydroxylation is 1. The van der Waals surface area contributed by atoms with E-state index in [9.17, 15) is 18.0 Å². The number of benzene rings is 4. The van der Waals surface area contributed by atoms with Gasteiger partial charge in [0.15, 0.2) is 9.84 Å².